The Hall–Kier alpha value is -4.46. The lowest BCUT2D eigenvalue weighted by Gasteiger charge is -2.25. The molecule has 8 heteroatoms. The number of H-pyrrole nitrogens is 1. The van der Waals surface area contributed by atoms with Gasteiger partial charge in [-0.3, -0.25) is 9.78 Å². The fourth-order valence-electron chi connectivity index (χ4n) is 4.67. The number of aromatic amines is 1. The molecule has 4 heterocycles. The average molecular weight is 466 g/mol. The topological polar surface area (TPSA) is 97.1 Å². The number of oxazole rings is 1. The number of carbonyl (C=O) groups excluding carboxylic acids is 1. The predicted octanol–water partition coefficient (Wildman–Crippen LogP) is 5.76. The van der Waals surface area contributed by atoms with E-state index >= 15 is 0 Å². The number of rotatable bonds is 5. The number of ether oxygens (including phenoxy) is 1. The van der Waals surface area contributed by atoms with Gasteiger partial charge in [0.25, 0.3) is 0 Å². The minimum Gasteiger partial charge on any atom is -0.457 e. The maximum absolute atomic E-state index is 12.3. The van der Waals surface area contributed by atoms with Crippen molar-refractivity contribution in [2.45, 2.75) is 25.8 Å². The summed E-state index contributed by atoms with van der Waals surface area (Å²) in [5.74, 6) is 2.12. The van der Waals surface area contributed by atoms with Gasteiger partial charge in [0.1, 0.15) is 29.2 Å². The largest absolute Gasteiger partial charge is 0.457 e. The van der Waals surface area contributed by atoms with Crippen LogP contribution in [0.15, 0.2) is 77.9 Å². The minimum atomic E-state index is -0.0529. The zero-order valence-electron chi connectivity index (χ0n) is 19.1. The Kier molecular flexibility index (Phi) is 5.25. The molecular formula is C27H23N5O3. The first-order valence-corrected chi connectivity index (χ1v) is 11.5. The number of fused-ring (bicyclic) bond motifs is 1. The van der Waals surface area contributed by atoms with Gasteiger partial charge in [-0.25, -0.2) is 9.97 Å². The number of likely N-dealkylation sites (tertiary alicyclic amines) is 1. The highest BCUT2D eigenvalue weighted by Gasteiger charge is 2.31. The van der Waals surface area contributed by atoms with Crippen LogP contribution in [0.3, 0.4) is 0 Å². The quantitative estimate of drug-likeness (QED) is 0.355. The van der Waals surface area contributed by atoms with E-state index in [-0.39, 0.29) is 11.9 Å². The van der Waals surface area contributed by atoms with Gasteiger partial charge in [-0.1, -0.05) is 6.07 Å². The van der Waals surface area contributed by atoms with E-state index in [0.29, 0.717) is 17.3 Å². The van der Waals surface area contributed by atoms with Crippen LogP contribution in [0.5, 0.6) is 11.5 Å². The molecule has 0 radical (unpaired) electrons. The number of nitrogens with zero attached hydrogens (tertiary/aromatic N) is 4. The highest BCUT2D eigenvalue weighted by Crippen LogP contribution is 2.41. The fourth-order valence-corrected chi connectivity index (χ4v) is 4.67. The molecule has 1 aliphatic rings. The van der Waals surface area contributed by atoms with E-state index in [0.717, 1.165) is 52.9 Å². The Labute approximate surface area is 201 Å². The highest BCUT2D eigenvalue weighted by molar-refractivity contribution is 5.82. The number of aromatic nitrogens is 4. The molecule has 8 nitrogen and oxygen atoms in total. The van der Waals surface area contributed by atoms with Gasteiger partial charge in [-0.15, -0.1) is 0 Å². The summed E-state index contributed by atoms with van der Waals surface area (Å²) < 4.78 is 11.5. The lowest BCUT2D eigenvalue weighted by Crippen LogP contribution is -2.28. The number of amides is 1. The molecule has 0 saturated carbocycles. The van der Waals surface area contributed by atoms with Crippen LogP contribution in [-0.4, -0.2) is 37.3 Å². The van der Waals surface area contributed by atoms with Crippen LogP contribution >= 0.6 is 0 Å². The first kappa shape index (κ1) is 21.1. The standard InChI is InChI=1S/C27H23N5O3/c1-17(33)32-12-4-6-25(32)20-13-22-23(31-27(30-22)21-5-2-3-11-28-21)14-26(20)35-19-9-7-18(8-10-19)24-15-34-16-29-24/h2-3,5,7-11,13-16,25H,4,6,12H2,1H3,(H,30,31). The van der Waals surface area contributed by atoms with E-state index in [9.17, 15) is 4.79 Å². The van der Waals surface area contributed by atoms with Crippen molar-refractivity contribution in [1.82, 2.24) is 24.8 Å². The number of hydrogen-bond donors (Lipinski definition) is 1. The average Bonchev–Trinajstić information content (AvgIpc) is 3.65. The van der Waals surface area contributed by atoms with Crippen molar-refractivity contribution in [3.8, 4) is 34.3 Å². The second-order valence-corrected chi connectivity index (χ2v) is 8.58. The minimum absolute atomic E-state index is 0.0529. The summed E-state index contributed by atoms with van der Waals surface area (Å²) in [6, 6.07) is 17.4. The van der Waals surface area contributed by atoms with Gasteiger partial charge in [0.2, 0.25) is 5.91 Å². The first-order chi connectivity index (χ1) is 17.2. The molecule has 0 aliphatic carbocycles. The molecule has 5 aromatic rings. The van der Waals surface area contributed by atoms with Gasteiger partial charge in [0.15, 0.2) is 12.2 Å². The lowest BCUT2D eigenvalue weighted by atomic mass is 10.0. The van der Waals surface area contributed by atoms with Crippen molar-refractivity contribution in [3.63, 3.8) is 0 Å². The van der Waals surface area contributed by atoms with E-state index in [1.165, 1.54) is 6.39 Å². The van der Waals surface area contributed by atoms with Crippen molar-refractivity contribution >= 4 is 16.9 Å². The summed E-state index contributed by atoms with van der Waals surface area (Å²) in [7, 11) is 0. The lowest BCUT2D eigenvalue weighted by molar-refractivity contribution is -0.129. The van der Waals surface area contributed by atoms with Crippen LogP contribution in [0.1, 0.15) is 31.4 Å². The van der Waals surface area contributed by atoms with Crippen LogP contribution in [0.25, 0.3) is 33.8 Å². The van der Waals surface area contributed by atoms with E-state index in [1.807, 2.05) is 53.4 Å². The Morgan fingerprint density at radius 2 is 2.00 bits per heavy atom. The van der Waals surface area contributed by atoms with Crippen molar-refractivity contribution in [2.24, 2.45) is 0 Å². The monoisotopic (exact) mass is 465 g/mol. The third kappa shape index (κ3) is 4.03. The van der Waals surface area contributed by atoms with Gasteiger partial charge < -0.3 is 19.0 Å². The molecule has 1 amide bonds. The Morgan fingerprint density at radius 3 is 2.74 bits per heavy atom. The third-order valence-corrected chi connectivity index (χ3v) is 6.35. The number of nitrogens with one attached hydrogen (secondary N) is 1. The summed E-state index contributed by atoms with van der Waals surface area (Å²) in [6.45, 7) is 2.36. The Balaban J connectivity index is 1.41. The Bertz CT molecular complexity index is 1480. The molecule has 0 spiro atoms. The summed E-state index contributed by atoms with van der Waals surface area (Å²) in [4.78, 5) is 31.0. The molecule has 1 unspecified atom stereocenters. The van der Waals surface area contributed by atoms with Crippen LogP contribution in [-0.2, 0) is 4.79 Å². The molecule has 1 saturated heterocycles. The molecule has 1 N–H and O–H groups in total. The summed E-state index contributed by atoms with van der Waals surface area (Å²) in [5.41, 5.74) is 5.08. The first-order valence-electron chi connectivity index (χ1n) is 11.5. The molecule has 0 bridgehead atoms. The normalized spacial score (nSPS) is 15.6. The van der Waals surface area contributed by atoms with Crippen LogP contribution < -0.4 is 4.74 Å². The van der Waals surface area contributed by atoms with Gasteiger partial charge in [0, 0.05) is 36.9 Å². The van der Waals surface area contributed by atoms with Gasteiger partial charge >= 0.3 is 0 Å². The molecule has 2 aromatic carbocycles. The number of benzene rings is 2. The van der Waals surface area contributed by atoms with E-state index in [4.69, 9.17) is 14.1 Å². The second kappa shape index (κ2) is 8.72. The second-order valence-electron chi connectivity index (χ2n) is 8.58. The third-order valence-electron chi connectivity index (χ3n) is 6.35. The maximum Gasteiger partial charge on any atom is 0.219 e. The zero-order valence-corrected chi connectivity index (χ0v) is 19.1. The summed E-state index contributed by atoms with van der Waals surface area (Å²) in [6.07, 6.45) is 6.60. The number of carbonyl (C=O) groups is 1. The van der Waals surface area contributed by atoms with Crippen molar-refractivity contribution < 1.29 is 13.9 Å². The smallest absolute Gasteiger partial charge is 0.219 e. The molecule has 1 fully saturated rings. The molecular weight excluding hydrogens is 442 g/mol. The van der Waals surface area contributed by atoms with Crippen molar-refractivity contribution in [1.29, 1.82) is 0 Å². The van der Waals surface area contributed by atoms with Crippen molar-refractivity contribution in [2.75, 3.05) is 6.54 Å². The SMILES string of the molecule is CC(=O)N1CCCC1c1cc2[nH]c(-c3ccccn3)nc2cc1Oc1ccc(-c2cocn2)cc1. The van der Waals surface area contributed by atoms with Gasteiger partial charge in [-0.2, -0.15) is 0 Å². The molecule has 174 valence electrons. The molecule has 6 rings (SSSR count). The fraction of sp³-hybridized carbons (Fsp3) is 0.185. The van der Waals surface area contributed by atoms with E-state index in [2.05, 4.69) is 21.0 Å². The van der Waals surface area contributed by atoms with E-state index < -0.39 is 0 Å². The van der Waals surface area contributed by atoms with Crippen LogP contribution in [0.4, 0.5) is 0 Å². The highest BCUT2D eigenvalue weighted by atomic mass is 16.5. The molecule has 1 aliphatic heterocycles. The number of hydrogen-bond acceptors (Lipinski definition) is 6. The maximum atomic E-state index is 12.3. The summed E-state index contributed by atoms with van der Waals surface area (Å²) >= 11 is 0. The van der Waals surface area contributed by atoms with E-state index in [1.54, 1.807) is 19.4 Å². The van der Waals surface area contributed by atoms with Crippen LogP contribution in [0.2, 0.25) is 0 Å². The number of imidazole rings is 1. The van der Waals surface area contributed by atoms with Gasteiger partial charge in [-0.05, 0) is 55.3 Å². The Morgan fingerprint density at radius 1 is 1.11 bits per heavy atom. The molecule has 35 heavy (non-hydrogen) atoms. The zero-order chi connectivity index (χ0) is 23.8. The van der Waals surface area contributed by atoms with Crippen molar-refractivity contribution in [3.05, 3.63) is 79.0 Å². The predicted molar refractivity (Wildman–Crippen MR) is 131 cm³/mol. The molecule has 1 atom stereocenters. The summed E-state index contributed by atoms with van der Waals surface area (Å²) in [5, 5.41) is 0. The number of pyridine rings is 1. The van der Waals surface area contributed by atoms with Crippen LogP contribution in [0, 0.1) is 0 Å². The molecule has 3 aromatic heterocycles. The van der Waals surface area contributed by atoms with Gasteiger partial charge in [0.05, 0.1) is 17.1 Å².